The standard InChI is InChI=1S/C12H19N3OS/c1-14-6-2-10(3-7-14)4-8-15-9-5-11(16)13-12(15)17/h5,9-10H,2-4,6-8H2,1H3,(H,13,16,17). The normalized spacial score (nSPS) is 18.4. The second-order valence-corrected chi connectivity index (χ2v) is 5.23. The zero-order valence-electron chi connectivity index (χ0n) is 10.2. The summed E-state index contributed by atoms with van der Waals surface area (Å²) in [6, 6.07) is 1.53. The van der Waals surface area contributed by atoms with Crippen LogP contribution < -0.4 is 5.56 Å². The van der Waals surface area contributed by atoms with Crippen molar-refractivity contribution in [1.82, 2.24) is 14.5 Å². The predicted molar refractivity (Wildman–Crippen MR) is 70.7 cm³/mol. The van der Waals surface area contributed by atoms with E-state index in [0.717, 1.165) is 18.9 Å². The van der Waals surface area contributed by atoms with E-state index in [2.05, 4.69) is 16.9 Å². The van der Waals surface area contributed by atoms with Gasteiger partial charge in [-0.1, -0.05) is 0 Å². The lowest BCUT2D eigenvalue weighted by Crippen LogP contribution is -2.30. The van der Waals surface area contributed by atoms with Crippen molar-refractivity contribution < 1.29 is 0 Å². The van der Waals surface area contributed by atoms with Crippen molar-refractivity contribution in [2.75, 3.05) is 20.1 Å². The molecule has 2 heterocycles. The summed E-state index contributed by atoms with van der Waals surface area (Å²) in [5.41, 5.74) is -0.120. The lowest BCUT2D eigenvalue weighted by atomic mass is 9.94. The molecule has 0 aliphatic carbocycles. The Kier molecular flexibility index (Phi) is 4.12. The molecule has 1 aromatic heterocycles. The second-order valence-electron chi connectivity index (χ2n) is 4.84. The third kappa shape index (κ3) is 3.51. The van der Waals surface area contributed by atoms with E-state index >= 15 is 0 Å². The topological polar surface area (TPSA) is 41.0 Å². The van der Waals surface area contributed by atoms with Gasteiger partial charge in [0.2, 0.25) is 0 Å². The Bertz CT molecular complexity index is 471. The number of H-pyrrole nitrogens is 1. The summed E-state index contributed by atoms with van der Waals surface area (Å²) in [4.78, 5) is 16.1. The number of hydrogen-bond acceptors (Lipinski definition) is 3. The highest BCUT2D eigenvalue weighted by molar-refractivity contribution is 7.71. The first-order valence-electron chi connectivity index (χ1n) is 6.13. The predicted octanol–water partition coefficient (Wildman–Crippen LogP) is 1.64. The summed E-state index contributed by atoms with van der Waals surface area (Å²) in [7, 11) is 2.17. The molecular formula is C12H19N3OS. The maximum atomic E-state index is 11.0. The van der Waals surface area contributed by atoms with Crippen molar-refractivity contribution in [3.8, 4) is 0 Å². The van der Waals surface area contributed by atoms with Crippen LogP contribution in [-0.2, 0) is 6.54 Å². The summed E-state index contributed by atoms with van der Waals surface area (Å²) in [5, 5.41) is 0. The lowest BCUT2D eigenvalue weighted by molar-refractivity contribution is 0.207. The average molecular weight is 253 g/mol. The molecule has 1 N–H and O–H groups in total. The van der Waals surface area contributed by atoms with Crippen LogP contribution in [0.4, 0.5) is 0 Å². The van der Waals surface area contributed by atoms with Crippen LogP contribution in [0.2, 0.25) is 0 Å². The molecule has 1 aliphatic heterocycles. The van der Waals surface area contributed by atoms with Crippen LogP contribution in [-0.4, -0.2) is 34.6 Å². The van der Waals surface area contributed by atoms with Gasteiger partial charge in [0, 0.05) is 18.8 Å². The molecule has 1 saturated heterocycles. The minimum atomic E-state index is -0.120. The molecule has 5 heteroatoms. The minimum Gasteiger partial charge on any atom is -0.325 e. The van der Waals surface area contributed by atoms with E-state index in [9.17, 15) is 4.79 Å². The van der Waals surface area contributed by atoms with Gasteiger partial charge in [-0.05, 0) is 57.5 Å². The van der Waals surface area contributed by atoms with Crippen molar-refractivity contribution in [3.63, 3.8) is 0 Å². The molecule has 1 aromatic rings. The van der Waals surface area contributed by atoms with Crippen molar-refractivity contribution in [2.24, 2.45) is 5.92 Å². The maximum Gasteiger partial charge on any atom is 0.251 e. The molecule has 1 fully saturated rings. The van der Waals surface area contributed by atoms with Crippen molar-refractivity contribution >= 4 is 12.2 Å². The van der Waals surface area contributed by atoms with Crippen molar-refractivity contribution in [3.05, 3.63) is 27.4 Å². The minimum absolute atomic E-state index is 0.120. The quantitative estimate of drug-likeness (QED) is 0.833. The van der Waals surface area contributed by atoms with E-state index in [4.69, 9.17) is 12.2 Å². The van der Waals surface area contributed by atoms with Crippen molar-refractivity contribution in [2.45, 2.75) is 25.8 Å². The number of aryl methyl sites for hydroxylation is 1. The summed E-state index contributed by atoms with van der Waals surface area (Å²) in [6.07, 6.45) is 5.48. The molecular weight excluding hydrogens is 234 g/mol. The SMILES string of the molecule is CN1CCC(CCn2ccc(=O)[nH]c2=S)CC1. The second kappa shape index (κ2) is 5.60. The van der Waals surface area contributed by atoms with Crippen LogP contribution in [0, 0.1) is 10.7 Å². The first-order chi connectivity index (χ1) is 8.15. The Hall–Kier alpha value is -0.940. The molecule has 0 saturated carbocycles. The number of piperidine rings is 1. The average Bonchev–Trinajstić information content (AvgIpc) is 2.30. The highest BCUT2D eigenvalue weighted by atomic mass is 32.1. The number of hydrogen-bond donors (Lipinski definition) is 1. The lowest BCUT2D eigenvalue weighted by Gasteiger charge is -2.29. The van der Waals surface area contributed by atoms with Crippen LogP contribution in [0.25, 0.3) is 0 Å². The molecule has 1 aliphatic rings. The largest absolute Gasteiger partial charge is 0.325 e. The fourth-order valence-corrected chi connectivity index (χ4v) is 2.55. The Morgan fingerprint density at radius 3 is 2.82 bits per heavy atom. The number of aromatic amines is 1. The van der Waals surface area contributed by atoms with Gasteiger partial charge in [-0.3, -0.25) is 9.78 Å². The third-order valence-electron chi connectivity index (χ3n) is 3.51. The van der Waals surface area contributed by atoms with Gasteiger partial charge in [0.25, 0.3) is 5.56 Å². The molecule has 17 heavy (non-hydrogen) atoms. The Balaban J connectivity index is 1.89. The molecule has 0 unspecified atom stereocenters. The van der Waals surface area contributed by atoms with Gasteiger partial charge >= 0.3 is 0 Å². The van der Waals surface area contributed by atoms with E-state index in [1.165, 1.54) is 32.0 Å². The van der Waals surface area contributed by atoms with E-state index in [1.54, 1.807) is 6.20 Å². The van der Waals surface area contributed by atoms with Crippen LogP contribution >= 0.6 is 12.2 Å². The molecule has 4 nitrogen and oxygen atoms in total. The monoisotopic (exact) mass is 253 g/mol. The molecule has 0 radical (unpaired) electrons. The van der Waals surface area contributed by atoms with Gasteiger partial charge < -0.3 is 9.47 Å². The van der Waals surface area contributed by atoms with E-state index in [0.29, 0.717) is 4.77 Å². The van der Waals surface area contributed by atoms with Crippen LogP contribution in [0.3, 0.4) is 0 Å². The smallest absolute Gasteiger partial charge is 0.251 e. The van der Waals surface area contributed by atoms with Gasteiger partial charge in [0.05, 0.1) is 0 Å². The fraction of sp³-hybridized carbons (Fsp3) is 0.667. The number of aromatic nitrogens is 2. The highest BCUT2D eigenvalue weighted by Gasteiger charge is 2.16. The number of likely N-dealkylation sites (tertiary alicyclic amines) is 1. The third-order valence-corrected chi connectivity index (χ3v) is 3.85. The van der Waals surface area contributed by atoms with Gasteiger partial charge in [-0.25, -0.2) is 0 Å². The zero-order chi connectivity index (χ0) is 12.3. The number of nitrogens with one attached hydrogen (secondary N) is 1. The fourth-order valence-electron chi connectivity index (χ4n) is 2.29. The highest BCUT2D eigenvalue weighted by Crippen LogP contribution is 2.19. The van der Waals surface area contributed by atoms with E-state index < -0.39 is 0 Å². The van der Waals surface area contributed by atoms with Crippen LogP contribution in [0.5, 0.6) is 0 Å². The molecule has 0 aromatic carbocycles. The van der Waals surface area contributed by atoms with Crippen LogP contribution in [0.1, 0.15) is 19.3 Å². The molecule has 0 amide bonds. The van der Waals surface area contributed by atoms with Gasteiger partial charge in [0.1, 0.15) is 0 Å². The number of nitrogens with zero attached hydrogens (tertiary/aromatic N) is 2. The van der Waals surface area contributed by atoms with Gasteiger partial charge in [-0.2, -0.15) is 0 Å². The summed E-state index contributed by atoms with van der Waals surface area (Å²) < 4.78 is 2.49. The Morgan fingerprint density at radius 1 is 1.47 bits per heavy atom. The zero-order valence-corrected chi connectivity index (χ0v) is 11.0. The summed E-state index contributed by atoms with van der Waals surface area (Å²) in [6.45, 7) is 3.30. The molecule has 0 spiro atoms. The molecule has 2 rings (SSSR count). The first-order valence-corrected chi connectivity index (χ1v) is 6.54. The van der Waals surface area contributed by atoms with Crippen LogP contribution in [0.15, 0.2) is 17.1 Å². The molecule has 0 atom stereocenters. The molecule has 94 valence electrons. The van der Waals surface area contributed by atoms with E-state index in [-0.39, 0.29) is 5.56 Å². The summed E-state index contributed by atoms with van der Waals surface area (Å²) >= 11 is 5.12. The van der Waals surface area contributed by atoms with Gasteiger partial charge in [-0.15, -0.1) is 0 Å². The maximum absolute atomic E-state index is 11.0. The van der Waals surface area contributed by atoms with E-state index in [1.807, 2.05) is 4.57 Å². The number of rotatable bonds is 3. The molecule has 0 bridgehead atoms. The summed E-state index contributed by atoms with van der Waals surface area (Å²) in [5.74, 6) is 0.792. The Labute approximate surface area is 106 Å². The first kappa shape index (κ1) is 12.5. The van der Waals surface area contributed by atoms with Gasteiger partial charge in [0.15, 0.2) is 4.77 Å². The van der Waals surface area contributed by atoms with Crippen molar-refractivity contribution in [1.29, 1.82) is 0 Å². The Morgan fingerprint density at radius 2 is 2.18 bits per heavy atom.